The van der Waals surface area contributed by atoms with E-state index in [2.05, 4.69) is 4.98 Å². The lowest BCUT2D eigenvalue weighted by molar-refractivity contribution is 0.0766. The highest BCUT2D eigenvalue weighted by Gasteiger charge is 2.39. The fraction of sp³-hybridized carbons (Fsp3) is 0.526. The number of amides is 2. The highest BCUT2D eigenvalue weighted by atomic mass is 19.1. The monoisotopic (exact) mass is 377 g/mol. The summed E-state index contributed by atoms with van der Waals surface area (Å²) in [4.78, 5) is 29.4. The quantitative estimate of drug-likeness (QED) is 0.822. The predicted molar refractivity (Wildman–Crippen MR) is 95.8 cm³/mol. The summed E-state index contributed by atoms with van der Waals surface area (Å²) in [7, 11) is 0. The SMILES string of the molecule is CC(C)(C)C(F)=C(COC(N)=O)COc1ccc2c(n1)CN(C1CC1)C2=O. The number of nitrogens with two attached hydrogens (primary N) is 1. The van der Waals surface area contributed by atoms with E-state index < -0.39 is 17.3 Å². The van der Waals surface area contributed by atoms with Gasteiger partial charge in [0.25, 0.3) is 5.91 Å². The number of aromatic nitrogens is 1. The third kappa shape index (κ3) is 4.37. The van der Waals surface area contributed by atoms with Gasteiger partial charge in [0.05, 0.1) is 17.8 Å². The van der Waals surface area contributed by atoms with Crippen LogP contribution < -0.4 is 10.5 Å². The van der Waals surface area contributed by atoms with Crippen LogP contribution in [0, 0.1) is 5.41 Å². The molecule has 0 atom stereocenters. The fourth-order valence-corrected chi connectivity index (χ4v) is 2.96. The van der Waals surface area contributed by atoms with Crippen LogP contribution in [0.2, 0.25) is 0 Å². The van der Waals surface area contributed by atoms with Gasteiger partial charge in [-0.2, -0.15) is 0 Å². The molecule has 0 bridgehead atoms. The Hall–Kier alpha value is -2.64. The van der Waals surface area contributed by atoms with Crippen molar-refractivity contribution in [1.82, 2.24) is 9.88 Å². The average molecular weight is 377 g/mol. The van der Waals surface area contributed by atoms with E-state index in [9.17, 15) is 14.0 Å². The van der Waals surface area contributed by atoms with E-state index in [4.69, 9.17) is 15.2 Å². The highest BCUT2D eigenvalue weighted by molar-refractivity contribution is 5.98. The van der Waals surface area contributed by atoms with E-state index in [0.29, 0.717) is 23.8 Å². The molecule has 2 N–H and O–H groups in total. The molecule has 0 radical (unpaired) electrons. The molecule has 146 valence electrons. The first-order chi connectivity index (χ1) is 12.7. The molecule has 1 fully saturated rings. The second kappa shape index (κ2) is 7.17. The van der Waals surface area contributed by atoms with Gasteiger partial charge in [-0.15, -0.1) is 0 Å². The second-order valence-electron chi connectivity index (χ2n) is 7.87. The lowest BCUT2D eigenvalue weighted by Gasteiger charge is -2.20. The number of allylic oxidation sites excluding steroid dienone is 1. The van der Waals surface area contributed by atoms with Crippen LogP contribution in [-0.2, 0) is 11.3 Å². The minimum absolute atomic E-state index is 0.000713. The minimum Gasteiger partial charge on any atom is -0.473 e. The van der Waals surface area contributed by atoms with Crippen molar-refractivity contribution in [3.05, 3.63) is 34.8 Å². The van der Waals surface area contributed by atoms with E-state index >= 15 is 0 Å². The predicted octanol–water partition coefficient (Wildman–Crippen LogP) is 2.94. The van der Waals surface area contributed by atoms with Gasteiger partial charge in [-0.05, 0) is 18.9 Å². The molecule has 0 aromatic carbocycles. The van der Waals surface area contributed by atoms with Crippen molar-refractivity contribution in [2.75, 3.05) is 13.2 Å². The molecule has 1 aliphatic carbocycles. The Morgan fingerprint density at radius 2 is 2.04 bits per heavy atom. The smallest absolute Gasteiger partial charge is 0.404 e. The minimum atomic E-state index is -0.983. The highest BCUT2D eigenvalue weighted by Crippen LogP contribution is 2.35. The number of hydrogen-bond acceptors (Lipinski definition) is 5. The fourth-order valence-electron chi connectivity index (χ4n) is 2.96. The number of pyridine rings is 1. The van der Waals surface area contributed by atoms with E-state index in [-0.39, 0.29) is 30.6 Å². The zero-order chi connectivity index (χ0) is 19.8. The molecule has 0 unspecified atom stereocenters. The first kappa shape index (κ1) is 19.1. The standard InChI is InChI=1S/C19H24FN3O4/c1-19(2,3)16(20)11(10-27-18(21)25)9-26-15-7-6-13-14(22-15)8-23(17(13)24)12-4-5-12/h6-7,12H,4-5,8-10H2,1-3H3,(H2,21,25). The molecule has 1 aromatic rings. The Morgan fingerprint density at radius 1 is 1.33 bits per heavy atom. The van der Waals surface area contributed by atoms with Crippen molar-refractivity contribution in [2.24, 2.45) is 11.1 Å². The number of rotatable bonds is 6. The summed E-state index contributed by atoms with van der Waals surface area (Å²) in [6.45, 7) is 5.16. The zero-order valence-corrected chi connectivity index (χ0v) is 15.8. The largest absolute Gasteiger partial charge is 0.473 e. The topological polar surface area (TPSA) is 94.8 Å². The number of carbonyl (C=O) groups excluding carboxylic acids is 2. The molecule has 27 heavy (non-hydrogen) atoms. The van der Waals surface area contributed by atoms with Crippen LogP contribution >= 0.6 is 0 Å². The molecule has 1 aromatic heterocycles. The van der Waals surface area contributed by atoms with E-state index in [1.54, 1.807) is 32.9 Å². The Bertz CT molecular complexity index is 797. The molecule has 8 heteroatoms. The van der Waals surface area contributed by atoms with Crippen LogP contribution in [0.25, 0.3) is 0 Å². The second-order valence-corrected chi connectivity index (χ2v) is 7.87. The van der Waals surface area contributed by atoms with Crippen LogP contribution in [0.3, 0.4) is 0 Å². The van der Waals surface area contributed by atoms with Gasteiger partial charge in [0, 0.05) is 23.1 Å². The third-order valence-corrected chi connectivity index (χ3v) is 4.50. The zero-order valence-electron chi connectivity index (χ0n) is 15.8. The number of carbonyl (C=O) groups is 2. The molecule has 7 nitrogen and oxygen atoms in total. The lowest BCUT2D eigenvalue weighted by Crippen LogP contribution is -2.25. The average Bonchev–Trinajstić information content (AvgIpc) is 3.38. The molecule has 3 rings (SSSR count). The summed E-state index contributed by atoms with van der Waals surface area (Å²) < 4.78 is 25.0. The molecule has 0 saturated heterocycles. The van der Waals surface area contributed by atoms with Crippen molar-refractivity contribution >= 4 is 12.0 Å². The van der Waals surface area contributed by atoms with Crippen LogP contribution in [0.5, 0.6) is 5.88 Å². The number of ether oxygens (including phenoxy) is 2. The molecule has 2 heterocycles. The van der Waals surface area contributed by atoms with Gasteiger partial charge in [-0.25, -0.2) is 14.2 Å². The van der Waals surface area contributed by atoms with E-state index in [1.165, 1.54) is 0 Å². The van der Waals surface area contributed by atoms with Crippen LogP contribution in [0.15, 0.2) is 23.5 Å². The van der Waals surface area contributed by atoms with Gasteiger partial charge in [-0.1, -0.05) is 20.8 Å². The number of nitrogens with zero attached hydrogens (tertiary/aromatic N) is 2. The number of primary amides is 1. The van der Waals surface area contributed by atoms with Gasteiger partial charge < -0.3 is 20.1 Å². The van der Waals surface area contributed by atoms with Crippen molar-refractivity contribution in [1.29, 1.82) is 0 Å². The van der Waals surface area contributed by atoms with E-state index in [1.807, 2.05) is 4.90 Å². The number of hydrogen-bond donors (Lipinski definition) is 1. The Labute approximate surface area is 157 Å². The summed E-state index contributed by atoms with van der Waals surface area (Å²) in [5, 5.41) is 0. The summed E-state index contributed by atoms with van der Waals surface area (Å²) >= 11 is 0. The number of halogens is 1. The van der Waals surface area contributed by atoms with Crippen LogP contribution in [-0.4, -0.2) is 41.1 Å². The lowest BCUT2D eigenvalue weighted by atomic mass is 9.92. The molecular formula is C19H24FN3O4. The maximum absolute atomic E-state index is 14.6. The Balaban J connectivity index is 1.72. The van der Waals surface area contributed by atoms with Crippen molar-refractivity contribution in [3.8, 4) is 5.88 Å². The van der Waals surface area contributed by atoms with E-state index in [0.717, 1.165) is 12.8 Å². The van der Waals surface area contributed by atoms with Crippen LogP contribution in [0.1, 0.15) is 49.7 Å². The molecule has 1 saturated carbocycles. The summed E-state index contributed by atoms with van der Waals surface area (Å²) in [5.74, 6) is -0.141. The van der Waals surface area contributed by atoms with Crippen molar-refractivity contribution < 1.29 is 23.5 Å². The Kier molecular flexibility index (Phi) is 5.08. The van der Waals surface area contributed by atoms with Crippen molar-refractivity contribution in [3.63, 3.8) is 0 Å². The first-order valence-electron chi connectivity index (χ1n) is 8.90. The van der Waals surface area contributed by atoms with Crippen molar-refractivity contribution in [2.45, 2.75) is 46.2 Å². The molecule has 1 aliphatic heterocycles. The molecule has 0 spiro atoms. The van der Waals surface area contributed by atoms with Crippen LogP contribution in [0.4, 0.5) is 9.18 Å². The van der Waals surface area contributed by atoms with Gasteiger partial charge in [0.1, 0.15) is 19.0 Å². The first-order valence-corrected chi connectivity index (χ1v) is 8.90. The summed E-state index contributed by atoms with van der Waals surface area (Å²) in [6.07, 6.45) is 1.08. The maximum atomic E-state index is 14.6. The van der Waals surface area contributed by atoms with Gasteiger partial charge >= 0.3 is 6.09 Å². The van der Waals surface area contributed by atoms with Gasteiger partial charge in [0.2, 0.25) is 5.88 Å². The number of fused-ring (bicyclic) bond motifs is 1. The van der Waals surface area contributed by atoms with Gasteiger partial charge in [0.15, 0.2) is 0 Å². The Morgan fingerprint density at radius 3 is 2.63 bits per heavy atom. The molecular weight excluding hydrogens is 353 g/mol. The maximum Gasteiger partial charge on any atom is 0.404 e. The summed E-state index contributed by atoms with van der Waals surface area (Å²) in [5.41, 5.74) is 5.65. The third-order valence-electron chi connectivity index (χ3n) is 4.50. The van der Waals surface area contributed by atoms with Gasteiger partial charge in [-0.3, -0.25) is 4.79 Å². The normalized spacial score (nSPS) is 17.5. The molecule has 2 amide bonds. The molecule has 2 aliphatic rings. The summed E-state index contributed by atoms with van der Waals surface area (Å²) in [6, 6.07) is 3.60.